The number of sulfone groups is 1. The van der Waals surface area contributed by atoms with Gasteiger partial charge in [0.1, 0.15) is 5.76 Å². The molecule has 2 heterocycles. The van der Waals surface area contributed by atoms with Crippen LogP contribution in [0.3, 0.4) is 0 Å². The predicted molar refractivity (Wildman–Crippen MR) is 87.9 cm³/mol. The van der Waals surface area contributed by atoms with E-state index in [2.05, 4.69) is 5.16 Å². The summed E-state index contributed by atoms with van der Waals surface area (Å²) in [4.78, 5) is 14.2. The molecule has 1 amide bonds. The van der Waals surface area contributed by atoms with Crippen LogP contribution in [0, 0.1) is 19.8 Å². The Hall–Kier alpha value is -1.37. The number of carbonyl (C=O) groups excluding carboxylic acids is 1. The molecule has 0 atom stereocenters. The molecule has 0 radical (unpaired) electrons. The highest BCUT2D eigenvalue weighted by Gasteiger charge is 2.32. The molecular formula is C16H26N2O4S. The monoisotopic (exact) mass is 342 g/mol. The van der Waals surface area contributed by atoms with Crippen LogP contribution >= 0.6 is 0 Å². The van der Waals surface area contributed by atoms with Crippen molar-refractivity contribution in [2.75, 3.05) is 18.8 Å². The zero-order valence-corrected chi connectivity index (χ0v) is 15.1. The van der Waals surface area contributed by atoms with E-state index in [1.807, 2.05) is 20.8 Å². The van der Waals surface area contributed by atoms with Gasteiger partial charge in [0, 0.05) is 18.7 Å². The average molecular weight is 342 g/mol. The van der Waals surface area contributed by atoms with Crippen molar-refractivity contribution < 1.29 is 17.7 Å². The maximum Gasteiger partial charge on any atom is 0.227 e. The fourth-order valence-corrected chi connectivity index (χ4v) is 5.21. The third-order valence-corrected chi connectivity index (χ3v) is 7.00. The van der Waals surface area contributed by atoms with E-state index in [9.17, 15) is 13.2 Å². The minimum atomic E-state index is -3.06. The van der Waals surface area contributed by atoms with Crippen molar-refractivity contribution in [2.24, 2.45) is 5.92 Å². The van der Waals surface area contributed by atoms with Gasteiger partial charge in [-0.1, -0.05) is 19.0 Å². The van der Waals surface area contributed by atoms with Gasteiger partial charge in [0.15, 0.2) is 9.84 Å². The molecule has 2 rings (SSSR count). The summed E-state index contributed by atoms with van der Waals surface area (Å²) < 4.78 is 29.7. The quantitative estimate of drug-likeness (QED) is 0.816. The number of likely N-dealkylation sites (tertiary alicyclic amines) is 1. The highest BCUT2D eigenvalue weighted by atomic mass is 32.2. The van der Waals surface area contributed by atoms with Crippen LogP contribution in [0.1, 0.15) is 43.7 Å². The zero-order chi connectivity index (χ0) is 17.2. The third-order valence-electron chi connectivity index (χ3n) is 4.38. The second-order valence-corrected chi connectivity index (χ2v) is 9.11. The molecule has 1 aliphatic rings. The fourth-order valence-electron chi connectivity index (χ4n) is 3.08. The van der Waals surface area contributed by atoms with Crippen molar-refractivity contribution in [1.82, 2.24) is 10.1 Å². The number of aromatic nitrogens is 1. The summed E-state index contributed by atoms with van der Waals surface area (Å²) in [6, 6.07) is 0. The first-order chi connectivity index (χ1) is 10.7. The molecule has 0 spiro atoms. The minimum Gasteiger partial charge on any atom is -0.361 e. The van der Waals surface area contributed by atoms with Crippen LogP contribution in [-0.4, -0.2) is 48.5 Å². The smallest absolute Gasteiger partial charge is 0.227 e. The van der Waals surface area contributed by atoms with Crippen LogP contribution in [0.2, 0.25) is 0 Å². The Labute approximate surface area is 138 Å². The van der Waals surface area contributed by atoms with Gasteiger partial charge in [-0.15, -0.1) is 0 Å². The topological polar surface area (TPSA) is 80.5 Å². The molecule has 0 aliphatic carbocycles. The van der Waals surface area contributed by atoms with Gasteiger partial charge < -0.3 is 9.42 Å². The molecule has 1 aromatic rings. The van der Waals surface area contributed by atoms with Gasteiger partial charge in [-0.2, -0.15) is 0 Å². The summed E-state index contributed by atoms with van der Waals surface area (Å²) in [6.45, 7) is 8.46. The van der Waals surface area contributed by atoms with E-state index in [0.29, 0.717) is 31.7 Å². The van der Waals surface area contributed by atoms with Gasteiger partial charge in [0.05, 0.1) is 23.1 Å². The van der Waals surface area contributed by atoms with Crippen molar-refractivity contribution in [3.8, 4) is 0 Å². The molecule has 0 unspecified atom stereocenters. The first-order valence-electron chi connectivity index (χ1n) is 8.11. The summed E-state index contributed by atoms with van der Waals surface area (Å²) in [5, 5.41) is 3.55. The minimum absolute atomic E-state index is 0.0131. The predicted octanol–water partition coefficient (Wildman–Crippen LogP) is 1.90. The van der Waals surface area contributed by atoms with Crippen LogP contribution in [0.5, 0.6) is 0 Å². The molecule has 1 aliphatic heterocycles. The maximum absolute atomic E-state index is 12.4. The highest BCUT2D eigenvalue weighted by Crippen LogP contribution is 2.22. The number of hydrogen-bond donors (Lipinski definition) is 0. The fraction of sp³-hybridized carbons (Fsp3) is 0.750. The van der Waals surface area contributed by atoms with Gasteiger partial charge in [0.2, 0.25) is 5.91 Å². The van der Waals surface area contributed by atoms with Gasteiger partial charge in [0.25, 0.3) is 0 Å². The molecule has 1 aromatic heterocycles. The molecule has 0 bridgehead atoms. The number of amides is 1. The normalized spacial score (nSPS) is 17.0. The number of rotatable bonds is 5. The molecule has 6 nitrogen and oxygen atoms in total. The number of aryl methyl sites for hydroxylation is 2. The number of piperidine rings is 1. The lowest BCUT2D eigenvalue weighted by Crippen LogP contribution is -2.44. The van der Waals surface area contributed by atoms with E-state index < -0.39 is 9.84 Å². The summed E-state index contributed by atoms with van der Waals surface area (Å²) in [6.07, 6.45) is 1.33. The molecular weight excluding hydrogens is 316 g/mol. The van der Waals surface area contributed by atoms with Crippen molar-refractivity contribution in [3.05, 3.63) is 17.0 Å². The SMILES string of the molecule is Cc1noc(C)c1CC(=O)N1CCC(S(=O)(=O)CC(C)C)CC1. The third kappa shape index (κ3) is 4.34. The van der Waals surface area contributed by atoms with E-state index in [1.54, 1.807) is 11.8 Å². The van der Waals surface area contributed by atoms with E-state index in [0.717, 1.165) is 11.3 Å². The number of nitrogens with zero attached hydrogens (tertiary/aromatic N) is 2. The van der Waals surface area contributed by atoms with Crippen LogP contribution in [0.4, 0.5) is 0 Å². The standard InChI is InChI=1S/C16H26N2O4S/c1-11(2)10-23(20,21)14-5-7-18(8-6-14)16(19)9-15-12(3)17-22-13(15)4/h11,14H,5-10H2,1-4H3. The van der Waals surface area contributed by atoms with E-state index in [-0.39, 0.29) is 29.2 Å². The lowest BCUT2D eigenvalue weighted by atomic mass is 10.1. The Kier molecular flexibility index (Phi) is 5.49. The molecule has 0 N–H and O–H groups in total. The molecule has 7 heteroatoms. The Morgan fingerprint density at radius 3 is 2.39 bits per heavy atom. The van der Waals surface area contributed by atoms with Gasteiger partial charge in [-0.05, 0) is 32.6 Å². The molecule has 130 valence electrons. The second-order valence-electron chi connectivity index (χ2n) is 6.78. The molecule has 1 saturated heterocycles. The molecule has 23 heavy (non-hydrogen) atoms. The largest absolute Gasteiger partial charge is 0.361 e. The van der Waals surface area contributed by atoms with Crippen molar-refractivity contribution in [3.63, 3.8) is 0 Å². The Morgan fingerprint density at radius 1 is 1.30 bits per heavy atom. The first kappa shape index (κ1) is 18.0. The lowest BCUT2D eigenvalue weighted by Gasteiger charge is -2.32. The van der Waals surface area contributed by atoms with Crippen LogP contribution in [0.15, 0.2) is 4.52 Å². The summed E-state index contributed by atoms with van der Waals surface area (Å²) in [7, 11) is -3.06. The molecule has 0 aromatic carbocycles. The zero-order valence-electron chi connectivity index (χ0n) is 14.3. The van der Waals surface area contributed by atoms with Gasteiger partial charge in [-0.25, -0.2) is 8.42 Å². The average Bonchev–Trinajstić information content (AvgIpc) is 2.78. The van der Waals surface area contributed by atoms with E-state index in [4.69, 9.17) is 4.52 Å². The van der Waals surface area contributed by atoms with Gasteiger partial charge in [-0.3, -0.25) is 4.79 Å². The Bertz CT molecular complexity index is 636. The summed E-state index contributed by atoms with van der Waals surface area (Å²) in [5.41, 5.74) is 1.58. The van der Waals surface area contributed by atoms with E-state index >= 15 is 0 Å². The molecule has 1 fully saturated rings. The van der Waals surface area contributed by atoms with Crippen LogP contribution < -0.4 is 0 Å². The summed E-state index contributed by atoms with van der Waals surface area (Å²) >= 11 is 0. The number of hydrogen-bond acceptors (Lipinski definition) is 5. The van der Waals surface area contributed by atoms with Gasteiger partial charge >= 0.3 is 0 Å². The van der Waals surface area contributed by atoms with Crippen molar-refractivity contribution in [1.29, 1.82) is 0 Å². The molecule has 0 saturated carbocycles. The van der Waals surface area contributed by atoms with Crippen molar-refractivity contribution >= 4 is 15.7 Å². The Balaban J connectivity index is 1.93. The van der Waals surface area contributed by atoms with Crippen molar-refractivity contribution in [2.45, 2.75) is 52.2 Å². The highest BCUT2D eigenvalue weighted by molar-refractivity contribution is 7.92. The van der Waals surface area contributed by atoms with E-state index in [1.165, 1.54) is 0 Å². The van der Waals surface area contributed by atoms with Crippen LogP contribution in [0.25, 0.3) is 0 Å². The maximum atomic E-state index is 12.4. The van der Waals surface area contributed by atoms with Crippen LogP contribution in [-0.2, 0) is 21.1 Å². The Morgan fingerprint density at radius 2 is 1.91 bits per heavy atom. The lowest BCUT2D eigenvalue weighted by molar-refractivity contribution is -0.131. The second kappa shape index (κ2) is 7.03. The number of carbonyl (C=O) groups is 1. The summed E-state index contributed by atoms with van der Waals surface area (Å²) in [5.74, 6) is 1.05. The first-order valence-corrected chi connectivity index (χ1v) is 9.83.